The van der Waals surface area contributed by atoms with Crippen LogP contribution < -0.4 is 0 Å². The summed E-state index contributed by atoms with van der Waals surface area (Å²) >= 11 is 5.97. The van der Waals surface area contributed by atoms with Crippen molar-refractivity contribution in [2.45, 2.75) is 6.92 Å². The summed E-state index contributed by atoms with van der Waals surface area (Å²) in [6.45, 7) is 1.91. The van der Waals surface area contributed by atoms with Crippen LogP contribution in [0.5, 0.6) is 0 Å². The molecule has 2 heterocycles. The lowest BCUT2D eigenvalue weighted by Crippen LogP contribution is -1.84. The van der Waals surface area contributed by atoms with Crippen LogP contribution >= 0.6 is 11.6 Å². The third kappa shape index (κ3) is 1.58. The van der Waals surface area contributed by atoms with Crippen LogP contribution in [0.4, 0.5) is 0 Å². The van der Waals surface area contributed by atoms with E-state index < -0.39 is 0 Å². The van der Waals surface area contributed by atoms with Gasteiger partial charge in [-0.15, -0.1) is 0 Å². The smallest absolute Gasteiger partial charge is 0.137 e. The van der Waals surface area contributed by atoms with Crippen molar-refractivity contribution in [2.75, 3.05) is 0 Å². The van der Waals surface area contributed by atoms with Crippen LogP contribution in [0.1, 0.15) is 5.69 Å². The van der Waals surface area contributed by atoms with Gasteiger partial charge in [0.05, 0.1) is 12.5 Å². The normalized spacial score (nSPS) is 10.3. The van der Waals surface area contributed by atoms with Gasteiger partial charge in [-0.25, -0.2) is 4.98 Å². The summed E-state index contributed by atoms with van der Waals surface area (Å²) in [5.41, 5.74) is 2.77. The number of halogens is 1. The second-order valence-corrected chi connectivity index (χ2v) is 3.16. The first-order chi connectivity index (χ1) is 6.27. The molecule has 0 aliphatic heterocycles. The molecule has 0 spiro atoms. The molecule has 0 fully saturated rings. The number of pyridine rings is 1. The van der Waals surface area contributed by atoms with Crippen LogP contribution in [-0.4, -0.2) is 4.98 Å². The summed E-state index contributed by atoms with van der Waals surface area (Å²) in [4.78, 5) is 4.15. The highest BCUT2D eigenvalue weighted by molar-refractivity contribution is 6.32. The van der Waals surface area contributed by atoms with Gasteiger partial charge in [0, 0.05) is 16.8 Å². The number of aryl methyl sites for hydroxylation is 1. The highest BCUT2D eigenvalue weighted by Gasteiger charge is 2.05. The first kappa shape index (κ1) is 8.32. The average Bonchev–Trinajstić information content (AvgIpc) is 2.56. The van der Waals surface area contributed by atoms with E-state index in [1.54, 1.807) is 12.5 Å². The van der Waals surface area contributed by atoms with Crippen molar-refractivity contribution in [3.05, 3.63) is 41.6 Å². The minimum absolute atomic E-state index is 0.515. The molecule has 0 N–H and O–H groups in total. The maximum absolute atomic E-state index is 5.97. The number of rotatable bonds is 1. The third-order valence-electron chi connectivity index (χ3n) is 1.82. The van der Waals surface area contributed by atoms with Gasteiger partial charge >= 0.3 is 0 Å². The Bertz CT molecular complexity index is 409. The topological polar surface area (TPSA) is 26.0 Å². The Kier molecular flexibility index (Phi) is 2.07. The summed E-state index contributed by atoms with van der Waals surface area (Å²) in [6.07, 6.45) is 3.27. The number of aromatic nitrogens is 1. The van der Waals surface area contributed by atoms with Gasteiger partial charge < -0.3 is 4.42 Å². The molecule has 0 saturated heterocycles. The fourth-order valence-electron chi connectivity index (χ4n) is 1.16. The van der Waals surface area contributed by atoms with E-state index in [1.165, 1.54) is 0 Å². The lowest BCUT2D eigenvalue weighted by molar-refractivity contribution is 0.568. The van der Waals surface area contributed by atoms with E-state index in [9.17, 15) is 0 Å². The van der Waals surface area contributed by atoms with Crippen LogP contribution in [0.15, 0.2) is 35.1 Å². The molecular formula is C10H8ClNO. The highest BCUT2D eigenvalue weighted by atomic mass is 35.5. The van der Waals surface area contributed by atoms with Crippen LogP contribution in [0.3, 0.4) is 0 Å². The Balaban J connectivity index is 2.53. The van der Waals surface area contributed by atoms with Crippen LogP contribution in [0.2, 0.25) is 5.15 Å². The van der Waals surface area contributed by atoms with E-state index in [4.69, 9.17) is 16.0 Å². The van der Waals surface area contributed by atoms with E-state index in [1.807, 2.05) is 25.1 Å². The quantitative estimate of drug-likeness (QED) is 0.650. The summed E-state index contributed by atoms with van der Waals surface area (Å²) in [5.74, 6) is 0. The zero-order valence-corrected chi connectivity index (χ0v) is 7.88. The standard InChI is InChI=1S/C10H8ClNO/c1-7-2-3-9(10(11)12-7)8-4-5-13-6-8/h2-6H,1H3. The molecule has 0 amide bonds. The van der Waals surface area contributed by atoms with Crippen molar-refractivity contribution in [1.82, 2.24) is 4.98 Å². The van der Waals surface area contributed by atoms with Crippen LogP contribution in [-0.2, 0) is 0 Å². The van der Waals surface area contributed by atoms with Crippen LogP contribution in [0, 0.1) is 6.92 Å². The minimum atomic E-state index is 0.515. The van der Waals surface area contributed by atoms with Crippen molar-refractivity contribution >= 4 is 11.6 Å². The van der Waals surface area contributed by atoms with Crippen molar-refractivity contribution in [3.63, 3.8) is 0 Å². The predicted molar refractivity (Wildman–Crippen MR) is 51.7 cm³/mol. The summed E-state index contributed by atoms with van der Waals surface area (Å²) in [6, 6.07) is 5.72. The molecule has 13 heavy (non-hydrogen) atoms. The van der Waals surface area contributed by atoms with Gasteiger partial charge in [0.2, 0.25) is 0 Å². The molecule has 0 aliphatic carbocycles. The summed E-state index contributed by atoms with van der Waals surface area (Å²) in [7, 11) is 0. The molecule has 2 nitrogen and oxygen atoms in total. The fraction of sp³-hybridized carbons (Fsp3) is 0.100. The van der Waals surface area contributed by atoms with E-state index in [0.717, 1.165) is 16.8 Å². The molecule has 3 heteroatoms. The van der Waals surface area contributed by atoms with Gasteiger partial charge in [-0.1, -0.05) is 11.6 Å². The van der Waals surface area contributed by atoms with Crippen molar-refractivity contribution in [3.8, 4) is 11.1 Å². The molecule has 0 radical (unpaired) electrons. The van der Waals surface area contributed by atoms with Gasteiger partial charge in [0.15, 0.2) is 0 Å². The molecule has 0 aliphatic rings. The minimum Gasteiger partial charge on any atom is -0.472 e. The van der Waals surface area contributed by atoms with E-state index in [0.29, 0.717) is 5.15 Å². The van der Waals surface area contributed by atoms with Crippen LogP contribution in [0.25, 0.3) is 11.1 Å². The van der Waals surface area contributed by atoms with Gasteiger partial charge in [-0.05, 0) is 25.1 Å². The Morgan fingerprint density at radius 1 is 1.31 bits per heavy atom. The monoisotopic (exact) mass is 193 g/mol. The first-order valence-corrected chi connectivity index (χ1v) is 4.31. The second kappa shape index (κ2) is 3.23. The molecule has 0 unspecified atom stereocenters. The molecule has 0 aromatic carbocycles. The molecule has 2 aromatic rings. The largest absolute Gasteiger partial charge is 0.472 e. The van der Waals surface area contributed by atoms with Gasteiger partial charge in [-0.2, -0.15) is 0 Å². The van der Waals surface area contributed by atoms with E-state index in [-0.39, 0.29) is 0 Å². The van der Waals surface area contributed by atoms with E-state index in [2.05, 4.69) is 4.98 Å². The molecule has 2 rings (SSSR count). The Morgan fingerprint density at radius 3 is 2.77 bits per heavy atom. The Hall–Kier alpha value is -1.28. The number of hydrogen-bond donors (Lipinski definition) is 0. The highest BCUT2D eigenvalue weighted by Crippen LogP contribution is 2.26. The maximum Gasteiger partial charge on any atom is 0.137 e. The summed E-state index contributed by atoms with van der Waals surface area (Å²) in [5, 5.41) is 0.515. The van der Waals surface area contributed by atoms with Gasteiger partial charge in [-0.3, -0.25) is 0 Å². The number of hydrogen-bond acceptors (Lipinski definition) is 2. The molecule has 0 atom stereocenters. The zero-order valence-electron chi connectivity index (χ0n) is 7.12. The number of nitrogens with zero attached hydrogens (tertiary/aromatic N) is 1. The second-order valence-electron chi connectivity index (χ2n) is 2.80. The molecule has 66 valence electrons. The van der Waals surface area contributed by atoms with Crippen molar-refractivity contribution in [1.29, 1.82) is 0 Å². The molecule has 0 bridgehead atoms. The SMILES string of the molecule is Cc1ccc(-c2ccoc2)c(Cl)n1. The Labute approximate surface area is 81.2 Å². The molecule has 2 aromatic heterocycles. The zero-order chi connectivity index (χ0) is 9.26. The lowest BCUT2D eigenvalue weighted by atomic mass is 10.1. The molecular weight excluding hydrogens is 186 g/mol. The van der Waals surface area contributed by atoms with Crippen molar-refractivity contribution < 1.29 is 4.42 Å². The third-order valence-corrected chi connectivity index (χ3v) is 2.11. The van der Waals surface area contributed by atoms with Crippen molar-refractivity contribution in [2.24, 2.45) is 0 Å². The van der Waals surface area contributed by atoms with E-state index >= 15 is 0 Å². The van der Waals surface area contributed by atoms with Gasteiger partial charge in [0.25, 0.3) is 0 Å². The molecule has 0 saturated carbocycles. The average molecular weight is 194 g/mol. The summed E-state index contributed by atoms with van der Waals surface area (Å²) < 4.78 is 4.97. The fourth-order valence-corrected chi connectivity index (χ4v) is 1.46. The number of furan rings is 1. The Morgan fingerprint density at radius 2 is 2.15 bits per heavy atom. The first-order valence-electron chi connectivity index (χ1n) is 3.93. The van der Waals surface area contributed by atoms with Gasteiger partial charge in [0.1, 0.15) is 5.15 Å². The lowest BCUT2D eigenvalue weighted by Gasteiger charge is -2.00. The predicted octanol–water partition coefficient (Wildman–Crippen LogP) is 3.30. The maximum atomic E-state index is 5.97.